The lowest BCUT2D eigenvalue weighted by Gasteiger charge is -2.37. The molecule has 3 unspecified atom stereocenters. The average molecular weight is 308 g/mol. The van der Waals surface area contributed by atoms with E-state index in [1.165, 1.54) is 12.3 Å². The van der Waals surface area contributed by atoms with Crippen LogP contribution in [0, 0.1) is 11.7 Å². The molecule has 0 N–H and O–H groups in total. The molecule has 0 bridgehead atoms. The molecule has 1 aliphatic heterocycles. The van der Waals surface area contributed by atoms with Crippen molar-refractivity contribution in [2.24, 2.45) is 5.92 Å². The van der Waals surface area contributed by atoms with Crippen LogP contribution in [-0.4, -0.2) is 54.3 Å². The number of carbonyl (C=O) groups excluding carboxylic acids is 1. The van der Waals surface area contributed by atoms with E-state index >= 15 is 0 Å². The van der Waals surface area contributed by atoms with Gasteiger partial charge in [-0.25, -0.2) is 4.39 Å². The molecule has 2 aliphatic rings. The molecule has 5 nitrogen and oxygen atoms in total. The number of amides is 1. The summed E-state index contributed by atoms with van der Waals surface area (Å²) in [6.45, 7) is 4.36. The van der Waals surface area contributed by atoms with Gasteiger partial charge in [-0.15, -0.1) is 0 Å². The van der Waals surface area contributed by atoms with Crippen LogP contribution in [0.3, 0.4) is 0 Å². The van der Waals surface area contributed by atoms with Crippen molar-refractivity contribution in [1.82, 2.24) is 9.88 Å². The van der Waals surface area contributed by atoms with Crippen molar-refractivity contribution in [3.05, 3.63) is 29.8 Å². The van der Waals surface area contributed by atoms with E-state index in [2.05, 4.69) is 4.98 Å². The third kappa shape index (κ3) is 2.98. The first-order chi connectivity index (χ1) is 10.7. The monoisotopic (exact) mass is 308 g/mol. The molecule has 3 rings (SSSR count). The lowest BCUT2D eigenvalue weighted by Crippen LogP contribution is -2.51. The Balaban J connectivity index is 1.74. The Labute approximate surface area is 129 Å². The van der Waals surface area contributed by atoms with Crippen molar-refractivity contribution >= 4 is 5.91 Å². The van der Waals surface area contributed by atoms with E-state index in [4.69, 9.17) is 9.47 Å². The zero-order valence-electron chi connectivity index (χ0n) is 12.7. The lowest BCUT2D eigenvalue weighted by atomic mass is 10.1. The molecule has 22 heavy (non-hydrogen) atoms. The molecule has 0 spiro atoms. The smallest absolute Gasteiger partial charge is 0.257 e. The predicted octanol–water partition coefficient (Wildman–Crippen LogP) is 1.88. The van der Waals surface area contributed by atoms with Crippen molar-refractivity contribution in [3.8, 4) is 0 Å². The molecule has 3 atom stereocenters. The number of morpholine rings is 1. The van der Waals surface area contributed by atoms with Crippen LogP contribution in [0.5, 0.6) is 0 Å². The molecule has 1 saturated heterocycles. The number of rotatable bonds is 4. The largest absolute Gasteiger partial charge is 0.381 e. The number of nitrogens with zero attached hydrogens (tertiary/aromatic N) is 2. The number of carbonyl (C=O) groups is 1. The summed E-state index contributed by atoms with van der Waals surface area (Å²) in [7, 11) is 0. The van der Waals surface area contributed by atoms with Crippen molar-refractivity contribution in [3.63, 3.8) is 0 Å². The van der Waals surface area contributed by atoms with Crippen LogP contribution in [0.1, 0.15) is 30.1 Å². The number of fused-ring (bicyclic) bond motifs is 1. The highest BCUT2D eigenvalue weighted by Crippen LogP contribution is 2.35. The fourth-order valence-corrected chi connectivity index (χ4v) is 3.43. The van der Waals surface area contributed by atoms with Gasteiger partial charge in [0.2, 0.25) is 0 Å². The zero-order valence-corrected chi connectivity index (χ0v) is 12.7. The normalized spacial score (nSPS) is 27.7. The number of hydrogen-bond acceptors (Lipinski definition) is 4. The van der Waals surface area contributed by atoms with Gasteiger partial charge < -0.3 is 14.4 Å². The first-order valence-corrected chi connectivity index (χ1v) is 7.80. The zero-order chi connectivity index (χ0) is 15.5. The molecule has 2 heterocycles. The van der Waals surface area contributed by atoms with E-state index in [-0.39, 0.29) is 23.6 Å². The van der Waals surface area contributed by atoms with Gasteiger partial charge in [-0.1, -0.05) is 0 Å². The summed E-state index contributed by atoms with van der Waals surface area (Å²) in [5, 5.41) is 0. The fourth-order valence-electron chi connectivity index (χ4n) is 3.43. The summed E-state index contributed by atoms with van der Waals surface area (Å²) < 4.78 is 25.1. The molecule has 1 amide bonds. The van der Waals surface area contributed by atoms with Gasteiger partial charge in [0.25, 0.3) is 5.91 Å². The molecule has 6 heteroatoms. The third-order valence-corrected chi connectivity index (χ3v) is 4.46. The minimum Gasteiger partial charge on any atom is -0.381 e. The van der Waals surface area contributed by atoms with Gasteiger partial charge in [-0.05, 0) is 31.7 Å². The van der Waals surface area contributed by atoms with Crippen LogP contribution in [0.2, 0.25) is 0 Å². The maximum Gasteiger partial charge on any atom is 0.257 e. The van der Waals surface area contributed by atoms with E-state index in [0.29, 0.717) is 32.3 Å². The number of halogens is 1. The SMILES string of the molecule is CCOCC1CC2OCCN(C(=O)c3ccncc3F)C2C1. The van der Waals surface area contributed by atoms with Crippen molar-refractivity contribution in [2.45, 2.75) is 31.9 Å². The van der Waals surface area contributed by atoms with Crippen LogP contribution >= 0.6 is 0 Å². The molecular weight excluding hydrogens is 287 g/mol. The maximum atomic E-state index is 13.8. The van der Waals surface area contributed by atoms with Crippen LogP contribution in [0.15, 0.2) is 18.5 Å². The predicted molar refractivity (Wildman–Crippen MR) is 78.0 cm³/mol. The number of aromatic nitrogens is 1. The Morgan fingerprint density at radius 3 is 3.18 bits per heavy atom. The number of ether oxygens (including phenoxy) is 2. The molecule has 0 aromatic carbocycles. The Bertz CT molecular complexity index is 540. The summed E-state index contributed by atoms with van der Waals surface area (Å²) in [5.41, 5.74) is 0.0870. The second-order valence-electron chi connectivity index (χ2n) is 5.83. The molecule has 1 saturated carbocycles. The summed E-state index contributed by atoms with van der Waals surface area (Å²) in [5.74, 6) is -0.444. The molecule has 1 aliphatic carbocycles. The molecule has 0 radical (unpaired) electrons. The first kappa shape index (κ1) is 15.4. The van der Waals surface area contributed by atoms with E-state index < -0.39 is 5.82 Å². The lowest BCUT2D eigenvalue weighted by molar-refractivity contribution is -0.0451. The van der Waals surface area contributed by atoms with E-state index in [1.807, 2.05) is 6.92 Å². The van der Waals surface area contributed by atoms with Crippen LogP contribution in [-0.2, 0) is 9.47 Å². The van der Waals surface area contributed by atoms with Crippen molar-refractivity contribution in [2.75, 3.05) is 26.4 Å². The summed E-state index contributed by atoms with van der Waals surface area (Å²) in [4.78, 5) is 18.1. The van der Waals surface area contributed by atoms with Crippen LogP contribution < -0.4 is 0 Å². The molecule has 1 aromatic heterocycles. The Morgan fingerprint density at radius 2 is 2.41 bits per heavy atom. The summed E-state index contributed by atoms with van der Waals surface area (Å²) in [6, 6.07) is 1.45. The highest BCUT2D eigenvalue weighted by Gasteiger charge is 2.43. The fraction of sp³-hybridized carbons (Fsp3) is 0.625. The minimum absolute atomic E-state index is 0.0132. The summed E-state index contributed by atoms with van der Waals surface area (Å²) in [6.07, 6.45) is 4.31. The van der Waals surface area contributed by atoms with E-state index in [0.717, 1.165) is 19.0 Å². The molecule has 120 valence electrons. The van der Waals surface area contributed by atoms with Gasteiger partial charge >= 0.3 is 0 Å². The molecular formula is C16H21FN2O3. The number of pyridine rings is 1. The Morgan fingerprint density at radius 1 is 1.55 bits per heavy atom. The maximum absolute atomic E-state index is 13.8. The first-order valence-electron chi connectivity index (χ1n) is 7.80. The molecule has 2 fully saturated rings. The second kappa shape index (κ2) is 6.71. The third-order valence-electron chi connectivity index (χ3n) is 4.46. The minimum atomic E-state index is -0.570. The van der Waals surface area contributed by atoms with Gasteiger partial charge in [0.1, 0.15) is 0 Å². The highest BCUT2D eigenvalue weighted by molar-refractivity contribution is 5.94. The second-order valence-corrected chi connectivity index (χ2v) is 5.83. The average Bonchev–Trinajstić information content (AvgIpc) is 2.95. The Kier molecular flexibility index (Phi) is 4.69. The van der Waals surface area contributed by atoms with Gasteiger partial charge in [0.05, 0.1) is 30.5 Å². The highest BCUT2D eigenvalue weighted by atomic mass is 19.1. The van der Waals surface area contributed by atoms with Crippen LogP contribution in [0.25, 0.3) is 0 Å². The van der Waals surface area contributed by atoms with Gasteiger partial charge in [-0.2, -0.15) is 0 Å². The van der Waals surface area contributed by atoms with E-state index in [1.54, 1.807) is 4.90 Å². The summed E-state index contributed by atoms with van der Waals surface area (Å²) >= 11 is 0. The standard InChI is InChI=1S/C16H21FN2O3/c1-2-21-10-11-7-14-15(8-11)22-6-5-19(14)16(20)12-3-4-18-9-13(12)17/h3-4,9,11,14-15H,2,5-8,10H2,1H3. The van der Waals surface area contributed by atoms with Gasteiger partial charge in [0.15, 0.2) is 5.82 Å². The van der Waals surface area contributed by atoms with Gasteiger partial charge in [0, 0.05) is 26.0 Å². The topological polar surface area (TPSA) is 51.7 Å². The number of hydrogen-bond donors (Lipinski definition) is 0. The van der Waals surface area contributed by atoms with Crippen molar-refractivity contribution in [1.29, 1.82) is 0 Å². The van der Waals surface area contributed by atoms with Gasteiger partial charge in [-0.3, -0.25) is 9.78 Å². The Hall–Kier alpha value is -1.53. The van der Waals surface area contributed by atoms with Crippen LogP contribution in [0.4, 0.5) is 4.39 Å². The quantitative estimate of drug-likeness (QED) is 0.852. The van der Waals surface area contributed by atoms with E-state index in [9.17, 15) is 9.18 Å². The molecule has 1 aromatic rings. The van der Waals surface area contributed by atoms with Crippen molar-refractivity contribution < 1.29 is 18.7 Å².